The number of nitrogens with zero attached hydrogens (tertiary/aromatic N) is 3. The maximum absolute atomic E-state index is 13.0. The van der Waals surface area contributed by atoms with Gasteiger partial charge in [0.25, 0.3) is 0 Å². The van der Waals surface area contributed by atoms with E-state index in [0.717, 1.165) is 56.0 Å². The highest BCUT2D eigenvalue weighted by Gasteiger charge is 2.29. The predicted octanol–water partition coefficient (Wildman–Crippen LogP) is 4.12. The quantitative estimate of drug-likeness (QED) is 0.493. The summed E-state index contributed by atoms with van der Waals surface area (Å²) in [6, 6.07) is 22.7. The van der Waals surface area contributed by atoms with Crippen molar-refractivity contribution in [2.24, 2.45) is 11.8 Å². The van der Waals surface area contributed by atoms with Crippen LogP contribution in [0, 0.1) is 11.8 Å². The lowest BCUT2D eigenvalue weighted by Gasteiger charge is -2.32. The number of hydrogen-bond acceptors (Lipinski definition) is 5. The second-order valence-corrected chi connectivity index (χ2v) is 9.60. The van der Waals surface area contributed by atoms with Crippen molar-refractivity contribution >= 4 is 5.91 Å². The number of aromatic nitrogens is 1. The van der Waals surface area contributed by atoms with E-state index in [2.05, 4.69) is 64.9 Å². The van der Waals surface area contributed by atoms with E-state index in [1.807, 2.05) is 36.2 Å². The summed E-state index contributed by atoms with van der Waals surface area (Å²) in [5, 5.41) is 7.85. The minimum absolute atomic E-state index is 0.212. The van der Waals surface area contributed by atoms with Gasteiger partial charge in [-0.25, -0.2) is 0 Å². The topological polar surface area (TPSA) is 61.6 Å². The normalized spacial score (nSPS) is 18.2. The Morgan fingerprint density at radius 2 is 1.65 bits per heavy atom. The molecule has 1 aliphatic rings. The molecule has 6 heteroatoms. The van der Waals surface area contributed by atoms with Gasteiger partial charge in [0.15, 0.2) is 5.76 Å². The van der Waals surface area contributed by atoms with Gasteiger partial charge in [-0.3, -0.25) is 9.69 Å². The van der Waals surface area contributed by atoms with Crippen molar-refractivity contribution in [3.05, 3.63) is 89.3 Å². The lowest BCUT2D eigenvalue weighted by Crippen LogP contribution is -2.40. The Kier molecular flexibility index (Phi) is 8.50. The number of carbonyl (C=O) groups excluding carboxylic acids is 1. The third-order valence-corrected chi connectivity index (χ3v) is 6.69. The number of nitrogens with one attached hydrogen (secondary N) is 1. The van der Waals surface area contributed by atoms with Crippen LogP contribution in [-0.4, -0.2) is 48.0 Å². The molecule has 2 heterocycles. The molecule has 0 aliphatic carbocycles. The molecular weight excluding hydrogens is 424 g/mol. The van der Waals surface area contributed by atoms with Crippen LogP contribution < -0.4 is 5.32 Å². The molecule has 0 spiro atoms. The number of benzene rings is 2. The molecule has 6 nitrogen and oxygen atoms in total. The van der Waals surface area contributed by atoms with Crippen LogP contribution in [0.15, 0.2) is 71.3 Å². The molecule has 2 atom stereocenters. The molecule has 3 aromatic rings. The second-order valence-electron chi connectivity index (χ2n) is 9.60. The van der Waals surface area contributed by atoms with E-state index in [-0.39, 0.29) is 5.91 Å². The zero-order chi connectivity index (χ0) is 23.8. The molecule has 0 bridgehead atoms. The number of rotatable bonds is 10. The Balaban J connectivity index is 1.29. The smallest absolute Gasteiger partial charge is 0.222 e. The van der Waals surface area contributed by atoms with E-state index in [9.17, 15) is 4.79 Å². The summed E-state index contributed by atoms with van der Waals surface area (Å²) in [5.74, 6) is 1.83. The predicted molar refractivity (Wildman–Crippen MR) is 134 cm³/mol. The summed E-state index contributed by atoms with van der Waals surface area (Å²) in [6.45, 7) is 4.11. The second kappa shape index (κ2) is 12.0. The van der Waals surface area contributed by atoms with Gasteiger partial charge >= 0.3 is 0 Å². The molecule has 2 unspecified atom stereocenters. The number of amides is 1. The first-order valence-corrected chi connectivity index (χ1v) is 12.2. The van der Waals surface area contributed by atoms with Crippen LogP contribution in [-0.2, 0) is 30.8 Å². The van der Waals surface area contributed by atoms with E-state index in [0.29, 0.717) is 24.8 Å². The molecule has 1 aromatic heterocycles. The van der Waals surface area contributed by atoms with Gasteiger partial charge in [0.1, 0.15) is 0 Å². The van der Waals surface area contributed by atoms with Gasteiger partial charge in [0, 0.05) is 32.6 Å². The van der Waals surface area contributed by atoms with Crippen LogP contribution in [0.5, 0.6) is 0 Å². The van der Waals surface area contributed by atoms with Crippen molar-refractivity contribution in [2.45, 2.75) is 38.9 Å². The van der Waals surface area contributed by atoms with Crippen molar-refractivity contribution in [3.8, 4) is 0 Å². The minimum Gasteiger partial charge on any atom is -0.360 e. The van der Waals surface area contributed by atoms with Crippen molar-refractivity contribution in [2.75, 3.05) is 27.2 Å². The Bertz CT molecular complexity index is 1020. The minimum atomic E-state index is 0.212. The SMILES string of the molecule is CN(Cc1ccccc1)Cc1cc(CC2CNCCC2CC(=O)N(C)Cc2ccccc2)no1. The van der Waals surface area contributed by atoms with Gasteiger partial charge in [0.2, 0.25) is 5.91 Å². The maximum Gasteiger partial charge on any atom is 0.222 e. The monoisotopic (exact) mass is 460 g/mol. The summed E-state index contributed by atoms with van der Waals surface area (Å²) in [6.07, 6.45) is 2.43. The fraction of sp³-hybridized carbons (Fsp3) is 0.429. The molecule has 0 saturated carbocycles. The summed E-state index contributed by atoms with van der Waals surface area (Å²) < 4.78 is 5.65. The average molecular weight is 461 g/mol. The highest BCUT2D eigenvalue weighted by Crippen LogP contribution is 2.27. The van der Waals surface area contributed by atoms with E-state index in [1.54, 1.807) is 0 Å². The van der Waals surface area contributed by atoms with E-state index >= 15 is 0 Å². The van der Waals surface area contributed by atoms with Crippen LogP contribution >= 0.6 is 0 Å². The zero-order valence-electron chi connectivity index (χ0n) is 20.3. The zero-order valence-corrected chi connectivity index (χ0v) is 20.3. The molecule has 1 fully saturated rings. The highest BCUT2D eigenvalue weighted by atomic mass is 16.5. The molecule has 4 rings (SSSR count). The maximum atomic E-state index is 13.0. The van der Waals surface area contributed by atoms with Gasteiger partial charge in [-0.1, -0.05) is 65.8 Å². The molecular formula is C28H36N4O2. The third kappa shape index (κ3) is 7.02. The molecule has 0 radical (unpaired) electrons. The van der Waals surface area contributed by atoms with E-state index < -0.39 is 0 Å². The molecule has 1 aliphatic heterocycles. The molecule has 1 N–H and O–H groups in total. The molecule has 180 valence electrons. The number of piperidine rings is 1. The van der Waals surface area contributed by atoms with Gasteiger partial charge in [-0.05, 0) is 55.9 Å². The fourth-order valence-corrected chi connectivity index (χ4v) is 4.82. The van der Waals surface area contributed by atoms with E-state index in [4.69, 9.17) is 4.52 Å². The Labute approximate surface area is 202 Å². The molecule has 1 amide bonds. The first-order chi connectivity index (χ1) is 16.6. The van der Waals surface area contributed by atoms with Gasteiger partial charge in [0.05, 0.1) is 12.2 Å². The summed E-state index contributed by atoms with van der Waals surface area (Å²) in [5.41, 5.74) is 3.42. The standard InChI is InChI=1S/C28H36N4O2/c1-31(19-22-9-5-3-6-10-22)21-27-17-26(30-34-27)15-25-18-29-14-13-24(25)16-28(33)32(2)20-23-11-7-4-8-12-23/h3-12,17,24-25,29H,13-16,18-21H2,1-2H3. The van der Waals surface area contributed by atoms with E-state index in [1.165, 1.54) is 5.56 Å². The first-order valence-electron chi connectivity index (χ1n) is 12.2. The largest absolute Gasteiger partial charge is 0.360 e. The van der Waals surface area contributed by atoms with Crippen LogP contribution in [0.3, 0.4) is 0 Å². The van der Waals surface area contributed by atoms with Crippen molar-refractivity contribution in [1.29, 1.82) is 0 Å². The molecule has 2 aromatic carbocycles. The van der Waals surface area contributed by atoms with Gasteiger partial charge < -0.3 is 14.7 Å². The lowest BCUT2D eigenvalue weighted by molar-refractivity contribution is -0.132. The van der Waals surface area contributed by atoms with Gasteiger partial charge in [-0.15, -0.1) is 0 Å². The Morgan fingerprint density at radius 1 is 0.971 bits per heavy atom. The van der Waals surface area contributed by atoms with Crippen molar-refractivity contribution < 1.29 is 9.32 Å². The summed E-state index contributed by atoms with van der Waals surface area (Å²) in [4.78, 5) is 17.0. The lowest BCUT2D eigenvalue weighted by atomic mass is 9.81. The Hall–Kier alpha value is -2.96. The third-order valence-electron chi connectivity index (χ3n) is 6.69. The highest BCUT2D eigenvalue weighted by molar-refractivity contribution is 5.76. The van der Waals surface area contributed by atoms with Crippen molar-refractivity contribution in [3.63, 3.8) is 0 Å². The van der Waals surface area contributed by atoms with Crippen LogP contribution in [0.2, 0.25) is 0 Å². The van der Waals surface area contributed by atoms with Crippen LogP contribution in [0.1, 0.15) is 35.4 Å². The first kappa shape index (κ1) is 24.2. The number of hydrogen-bond donors (Lipinski definition) is 1. The summed E-state index contributed by atoms with van der Waals surface area (Å²) >= 11 is 0. The van der Waals surface area contributed by atoms with Crippen LogP contribution in [0.4, 0.5) is 0 Å². The molecule has 34 heavy (non-hydrogen) atoms. The number of carbonyl (C=O) groups is 1. The van der Waals surface area contributed by atoms with Crippen LogP contribution in [0.25, 0.3) is 0 Å². The summed E-state index contributed by atoms with van der Waals surface area (Å²) in [7, 11) is 4.00. The molecule has 1 saturated heterocycles. The average Bonchev–Trinajstić information content (AvgIpc) is 3.28. The van der Waals surface area contributed by atoms with Crippen molar-refractivity contribution in [1.82, 2.24) is 20.3 Å². The fourth-order valence-electron chi connectivity index (χ4n) is 4.82. The Morgan fingerprint density at radius 3 is 2.35 bits per heavy atom. The van der Waals surface area contributed by atoms with Gasteiger partial charge in [-0.2, -0.15) is 0 Å².